The Bertz CT molecular complexity index is 485. The lowest BCUT2D eigenvalue weighted by Gasteiger charge is -2.01. The molecule has 1 heteroatoms. The average molecular weight is 197 g/mol. The van der Waals surface area contributed by atoms with Gasteiger partial charge >= 0.3 is 0 Å². The number of Topliss-reactive ketones (excluding diaryl/α,β-unsaturated/α-hetero) is 1. The summed E-state index contributed by atoms with van der Waals surface area (Å²) in [5.41, 5.74) is 0.704. The van der Waals surface area contributed by atoms with E-state index in [2.05, 4.69) is 6.07 Å². The molecule has 0 saturated heterocycles. The molecule has 2 rings (SSSR count). The van der Waals surface area contributed by atoms with E-state index in [9.17, 15) is 4.79 Å². The maximum atomic E-state index is 11.7. The molecule has 0 unspecified atom stereocenters. The number of fused-ring (bicyclic) bond motifs is 1. The van der Waals surface area contributed by atoms with Gasteiger partial charge in [0.15, 0.2) is 5.78 Å². The lowest BCUT2D eigenvalue weighted by Crippen LogP contribution is -1.97. The Labute approximate surface area is 89.7 Å². The largest absolute Gasteiger partial charge is 0.294 e. The number of hydrogen-bond acceptors (Lipinski definition) is 1. The highest BCUT2D eigenvalue weighted by molar-refractivity contribution is 5.99. The molecule has 0 spiro atoms. The highest BCUT2D eigenvalue weighted by Crippen LogP contribution is 2.16. The molecule has 0 heterocycles. The van der Waals surface area contributed by atoms with Gasteiger partial charge in [-0.2, -0.15) is 0 Å². The number of carbonyl (C=O) groups excluding carboxylic acids is 1. The molecule has 0 bridgehead atoms. The molecule has 0 aliphatic carbocycles. The lowest BCUT2D eigenvalue weighted by molar-refractivity contribution is 0.0981. The average Bonchev–Trinajstić information content (AvgIpc) is 2.29. The van der Waals surface area contributed by atoms with Crippen LogP contribution in [0, 0.1) is 6.07 Å². The highest BCUT2D eigenvalue weighted by Gasteiger charge is 2.05. The maximum Gasteiger partial charge on any atom is 0.163 e. The van der Waals surface area contributed by atoms with E-state index in [1.807, 2.05) is 43.3 Å². The molecule has 0 saturated carbocycles. The van der Waals surface area contributed by atoms with Crippen molar-refractivity contribution in [1.82, 2.24) is 0 Å². The molecule has 0 aliphatic heterocycles. The van der Waals surface area contributed by atoms with Crippen molar-refractivity contribution in [3.63, 3.8) is 0 Å². The SMILES string of the molecule is CCCC(=O)c1[c]c2ccccc2cc1. The van der Waals surface area contributed by atoms with Crippen LogP contribution in [-0.2, 0) is 0 Å². The van der Waals surface area contributed by atoms with Crippen LogP contribution < -0.4 is 0 Å². The fourth-order valence-corrected chi connectivity index (χ4v) is 1.64. The van der Waals surface area contributed by atoms with E-state index in [-0.39, 0.29) is 5.78 Å². The van der Waals surface area contributed by atoms with Gasteiger partial charge in [0.25, 0.3) is 0 Å². The number of rotatable bonds is 3. The Morgan fingerprint density at radius 2 is 2.00 bits per heavy atom. The second-order valence-electron chi connectivity index (χ2n) is 3.63. The van der Waals surface area contributed by atoms with Crippen molar-refractivity contribution in [1.29, 1.82) is 0 Å². The van der Waals surface area contributed by atoms with Crippen LogP contribution in [0.4, 0.5) is 0 Å². The van der Waals surface area contributed by atoms with Crippen molar-refractivity contribution < 1.29 is 4.79 Å². The minimum atomic E-state index is 0.184. The second-order valence-corrected chi connectivity index (χ2v) is 3.63. The Balaban J connectivity index is 2.42. The first kappa shape index (κ1) is 9.91. The van der Waals surface area contributed by atoms with E-state index >= 15 is 0 Å². The number of carbonyl (C=O) groups is 1. The zero-order valence-electron chi connectivity index (χ0n) is 8.79. The molecule has 2 aromatic rings. The van der Waals surface area contributed by atoms with Gasteiger partial charge < -0.3 is 0 Å². The molecule has 75 valence electrons. The normalized spacial score (nSPS) is 10.5. The minimum absolute atomic E-state index is 0.184. The molecule has 0 aromatic heterocycles. The van der Waals surface area contributed by atoms with Gasteiger partial charge in [0.05, 0.1) is 0 Å². The molecule has 1 nitrogen and oxygen atoms in total. The second kappa shape index (κ2) is 4.26. The molecule has 15 heavy (non-hydrogen) atoms. The van der Waals surface area contributed by atoms with Crippen LogP contribution in [0.5, 0.6) is 0 Å². The summed E-state index contributed by atoms with van der Waals surface area (Å²) >= 11 is 0. The van der Waals surface area contributed by atoms with Crippen LogP contribution >= 0.6 is 0 Å². The van der Waals surface area contributed by atoms with Gasteiger partial charge in [0.1, 0.15) is 0 Å². The zero-order valence-corrected chi connectivity index (χ0v) is 8.79. The van der Waals surface area contributed by atoms with E-state index in [0.29, 0.717) is 12.0 Å². The molecular weight excluding hydrogens is 184 g/mol. The van der Waals surface area contributed by atoms with Crippen LogP contribution in [0.1, 0.15) is 30.1 Å². The third-order valence-electron chi connectivity index (χ3n) is 2.44. The molecule has 2 aromatic carbocycles. The van der Waals surface area contributed by atoms with Crippen molar-refractivity contribution in [2.45, 2.75) is 19.8 Å². The van der Waals surface area contributed by atoms with Crippen molar-refractivity contribution in [2.24, 2.45) is 0 Å². The summed E-state index contributed by atoms with van der Waals surface area (Å²) in [6.45, 7) is 2.01. The Morgan fingerprint density at radius 1 is 1.20 bits per heavy atom. The monoisotopic (exact) mass is 197 g/mol. The summed E-state index contributed by atoms with van der Waals surface area (Å²) in [6.07, 6.45) is 1.49. The van der Waals surface area contributed by atoms with Crippen LogP contribution in [0.15, 0.2) is 36.4 Å². The van der Waals surface area contributed by atoms with Crippen molar-refractivity contribution in [3.05, 3.63) is 48.0 Å². The summed E-state index contributed by atoms with van der Waals surface area (Å²) in [4.78, 5) is 11.7. The lowest BCUT2D eigenvalue weighted by atomic mass is 10.0. The first-order valence-corrected chi connectivity index (χ1v) is 5.25. The van der Waals surface area contributed by atoms with E-state index < -0.39 is 0 Å². The van der Waals surface area contributed by atoms with E-state index in [0.717, 1.165) is 17.2 Å². The number of benzene rings is 2. The Hall–Kier alpha value is -1.63. The topological polar surface area (TPSA) is 17.1 Å². The molecule has 0 amide bonds. The third kappa shape index (κ3) is 2.07. The molecule has 0 N–H and O–H groups in total. The Morgan fingerprint density at radius 3 is 2.80 bits per heavy atom. The molecule has 0 atom stereocenters. The summed E-state index contributed by atoms with van der Waals surface area (Å²) in [5, 5.41) is 2.14. The van der Waals surface area contributed by atoms with Crippen molar-refractivity contribution in [3.8, 4) is 0 Å². The van der Waals surface area contributed by atoms with Gasteiger partial charge in [-0.1, -0.05) is 43.3 Å². The summed E-state index contributed by atoms with van der Waals surface area (Å²) in [6, 6.07) is 15.0. The molecular formula is C14H13O. The first-order valence-electron chi connectivity index (χ1n) is 5.25. The smallest absolute Gasteiger partial charge is 0.163 e. The summed E-state index contributed by atoms with van der Waals surface area (Å²) in [5.74, 6) is 0.184. The van der Waals surface area contributed by atoms with Gasteiger partial charge in [0, 0.05) is 18.1 Å². The Kier molecular flexibility index (Phi) is 2.82. The van der Waals surface area contributed by atoms with Crippen LogP contribution in [0.2, 0.25) is 0 Å². The van der Waals surface area contributed by atoms with E-state index in [1.54, 1.807) is 0 Å². The minimum Gasteiger partial charge on any atom is -0.294 e. The fourth-order valence-electron chi connectivity index (χ4n) is 1.64. The standard InChI is InChI=1S/C14H13O/c1-2-5-14(15)13-9-8-11-6-3-4-7-12(11)10-13/h3-4,6-9H,2,5H2,1H3. The predicted octanol–water partition coefficient (Wildman–Crippen LogP) is 3.62. The number of hydrogen-bond donors (Lipinski definition) is 0. The summed E-state index contributed by atoms with van der Waals surface area (Å²) < 4.78 is 0. The molecule has 0 aliphatic rings. The van der Waals surface area contributed by atoms with E-state index in [4.69, 9.17) is 0 Å². The molecule has 1 radical (unpaired) electrons. The fraction of sp³-hybridized carbons (Fsp3) is 0.214. The van der Waals surface area contributed by atoms with Gasteiger partial charge in [-0.05, 0) is 17.2 Å². The van der Waals surface area contributed by atoms with Crippen LogP contribution in [0.25, 0.3) is 10.8 Å². The van der Waals surface area contributed by atoms with Crippen LogP contribution in [0.3, 0.4) is 0 Å². The quantitative estimate of drug-likeness (QED) is 0.687. The maximum absolute atomic E-state index is 11.7. The van der Waals surface area contributed by atoms with Gasteiger partial charge in [-0.15, -0.1) is 0 Å². The predicted molar refractivity (Wildman–Crippen MR) is 62.0 cm³/mol. The van der Waals surface area contributed by atoms with Gasteiger partial charge in [0.2, 0.25) is 0 Å². The summed E-state index contributed by atoms with van der Waals surface area (Å²) in [7, 11) is 0. The van der Waals surface area contributed by atoms with Gasteiger partial charge in [-0.3, -0.25) is 4.79 Å². The first-order chi connectivity index (χ1) is 7.31. The highest BCUT2D eigenvalue weighted by atomic mass is 16.1. The third-order valence-corrected chi connectivity index (χ3v) is 2.44. The number of ketones is 1. The van der Waals surface area contributed by atoms with Crippen LogP contribution in [-0.4, -0.2) is 5.78 Å². The van der Waals surface area contributed by atoms with Crippen molar-refractivity contribution in [2.75, 3.05) is 0 Å². The van der Waals surface area contributed by atoms with E-state index in [1.165, 1.54) is 0 Å². The van der Waals surface area contributed by atoms with Crippen molar-refractivity contribution >= 4 is 16.6 Å². The molecule has 0 fully saturated rings. The zero-order chi connectivity index (χ0) is 10.7. The van der Waals surface area contributed by atoms with Gasteiger partial charge in [-0.25, -0.2) is 0 Å².